The van der Waals surface area contributed by atoms with Gasteiger partial charge in [0.05, 0.1) is 12.9 Å². The van der Waals surface area contributed by atoms with Gasteiger partial charge in [0.2, 0.25) is 0 Å². The molecule has 1 heterocycles. The molecule has 0 spiro atoms. The summed E-state index contributed by atoms with van der Waals surface area (Å²) in [4.78, 5) is 16.9. The molecule has 0 saturated heterocycles. The van der Waals surface area contributed by atoms with Crippen molar-refractivity contribution in [3.05, 3.63) is 54.6 Å². The molecular formula is C18H22N2O2. The lowest BCUT2D eigenvalue weighted by molar-refractivity contribution is -0.147. The molecule has 0 aliphatic heterocycles. The third kappa shape index (κ3) is 2.83. The number of carbonyl (C=O) groups excluding carboxylic acids is 1. The quantitative estimate of drug-likeness (QED) is 0.923. The van der Waals surface area contributed by atoms with Crippen molar-refractivity contribution in [1.82, 2.24) is 9.55 Å². The molecule has 1 aliphatic carbocycles. The summed E-state index contributed by atoms with van der Waals surface area (Å²) in [7, 11) is 0. The van der Waals surface area contributed by atoms with Gasteiger partial charge in [0.15, 0.2) is 11.4 Å². The highest BCUT2D eigenvalue weighted by atomic mass is 16.3. The molecule has 0 amide bonds. The van der Waals surface area contributed by atoms with Crippen LogP contribution in [-0.2, 0) is 16.9 Å². The van der Waals surface area contributed by atoms with Crippen LogP contribution in [0.15, 0.2) is 49.1 Å². The molecule has 1 aromatic heterocycles. The van der Waals surface area contributed by atoms with Gasteiger partial charge >= 0.3 is 0 Å². The van der Waals surface area contributed by atoms with Crippen LogP contribution in [0.1, 0.15) is 37.7 Å². The average Bonchev–Trinajstić information content (AvgIpc) is 3.08. The molecule has 116 valence electrons. The molecule has 22 heavy (non-hydrogen) atoms. The summed E-state index contributed by atoms with van der Waals surface area (Å²) in [5.74, 6) is -0.150. The molecule has 1 unspecified atom stereocenters. The van der Waals surface area contributed by atoms with Crippen LogP contribution < -0.4 is 0 Å². The predicted molar refractivity (Wildman–Crippen MR) is 84.1 cm³/mol. The zero-order chi connectivity index (χ0) is 15.4. The number of aromatic nitrogens is 2. The lowest BCUT2D eigenvalue weighted by Gasteiger charge is -2.37. The van der Waals surface area contributed by atoms with Gasteiger partial charge in [-0.15, -0.1) is 0 Å². The fourth-order valence-electron chi connectivity index (χ4n) is 3.50. The van der Waals surface area contributed by atoms with Crippen LogP contribution in [-0.4, -0.2) is 20.4 Å². The second kappa shape index (κ2) is 6.44. The number of aliphatic hydroxyl groups is 1. The molecule has 4 heteroatoms. The maximum absolute atomic E-state index is 12.9. The zero-order valence-corrected chi connectivity index (χ0v) is 12.7. The van der Waals surface area contributed by atoms with E-state index in [0.717, 1.165) is 25.7 Å². The fraction of sp³-hybridized carbons (Fsp3) is 0.444. The van der Waals surface area contributed by atoms with Crippen LogP contribution in [0, 0.1) is 5.92 Å². The first kappa shape index (κ1) is 15.0. The Morgan fingerprint density at radius 2 is 1.95 bits per heavy atom. The number of rotatable bonds is 5. The molecule has 1 fully saturated rings. The van der Waals surface area contributed by atoms with Crippen molar-refractivity contribution in [2.75, 3.05) is 0 Å². The van der Waals surface area contributed by atoms with Gasteiger partial charge < -0.3 is 9.67 Å². The smallest absolute Gasteiger partial charge is 0.188 e. The standard InChI is InChI=1S/C18H22N2O2/c21-17(13-20-12-11-19-14-20)18(22,15-7-3-1-4-8-15)16-9-5-2-6-10-16/h1,3-4,7-8,11-12,14,16,22H,2,5-6,9-10,13H2. The van der Waals surface area contributed by atoms with Crippen LogP contribution in [0.4, 0.5) is 0 Å². The summed E-state index contributed by atoms with van der Waals surface area (Å²) in [6, 6.07) is 9.40. The van der Waals surface area contributed by atoms with Crippen LogP contribution >= 0.6 is 0 Å². The predicted octanol–water partition coefficient (Wildman–Crippen LogP) is 2.92. The maximum atomic E-state index is 12.9. The maximum Gasteiger partial charge on any atom is 0.188 e. The normalized spacial score (nSPS) is 18.8. The molecule has 1 saturated carbocycles. The van der Waals surface area contributed by atoms with E-state index in [1.807, 2.05) is 30.3 Å². The number of benzene rings is 1. The average molecular weight is 298 g/mol. The van der Waals surface area contributed by atoms with Crippen molar-refractivity contribution >= 4 is 5.78 Å². The first-order valence-corrected chi connectivity index (χ1v) is 7.98. The van der Waals surface area contributed by atoms with E-state index < -0.39 is 5.60 Å². The van der Waals surface area contributed by atoms with Gasteiger partial charge in [-0.3, -0.25) is 4.79 Å². The Kier molecular flexibility index (Phi) is 4.39. The second-order valence-corrected chi connectivity index (χ2v) is 6.13. The molecule has 2 aromatic rings. The molecule has 1 aromatic carbocycles. The van der Waals surface area contributed by atoms with Gasteiger partial charge in [0.1, 0.15) is 0 Å². The molecule has 1 aliphatic rings. The summed E-state index contributed by atoms with van der Waals surface area (Å²) in [6.07, 6.45) is 10.2. The van der Waals surface area contributed by atoms with Gasteiger partial charge in [0.25, 0.3) is 0 Å². The van der Waals surface area contributed by atoms with Crippen LogP contribution in [0.5, 0.6) is 0 Å². The third-order valence-electron chi connectivity index (χ3n) is 4.72. The monoisotopic (exact) mass is 298 g/mol. The minimum atomic E-state index is -1.40. The van der Waals surface area contributed by atoms with E-state index in [1.165, 1.54) is 6.42 Å². The van der Waals surface area contributed by atoms with Crippen molar-refractivity contribution in [3.63, 3.8) is 0 Å². The van der Waals surface area contributed by atoms with Crippen LogP contribution in [0.25, 0.3) is 0 Å². The van der Waals surface area contributed by atoms with Crippen LogP contribution in [0.3, 0.4) is 0 Å². The minimum absolute atomic E-state index is 0.000304. The van der Waals surface area contributed by atoms with E-state index in [1.54, 1.807) is 23.3 Å². The third-order valence-corrected chi connectivity index (χ3v) is 4.72. The highest BCUT2D eigenvalue weighted by molar-refractivity contribution is 5.88. The number of carbonyl (C=O) groups is 1. The molecule has 4 nitrogen and oxygen atoms in total. The minimum Gasteiger partial charge on any atom is -0.377 e. The molecule has 0 bridgehead atoms. The Morgan fingerprint density at radius 1 is 1.23 bits per heavy atom. The van der Waals surface area contributed by atoms with Gasteiger partial charge in [-0.25, -0.2) is 4.98 Å². The van der Waals surface area contributed by atoms with E-state index in [0.29, 0.717) is 5.56 Å². The van der Waals surface area contributed by atoms with E-state index in [4.69, 9.17) is 0 Å². The second-order valence-electron chi connectivity index (χ2n) is 6.13. The van der Waals surface area contributed by atoms with E-state index in [-0.39, 0.29) is 18.2 Å². The van der Waals surface area contributed by atoms with Gasteiger partial charge in [0, 0.05) is 12.4 Å². The lowest BCUT2D eigenvalue weighted by atomic mass is 9.71. The first-order chi connectivity index (χ1) is 10.7. The number of nitrogens with zero attached hydrogens (tertiary/aromatic N) is 2. The van der Waals surface area contributed by atoms with E-state index in [2.05, 4.69) is 4.98 Å². The number of Topliss-reactive ketones (excluding diaryl/α,β-unsaturated/α-hetero) is 1. The lowest BCUT2D eigenvalue weighted by Crippen LogP contribution is -2.45. The van der Waals surface area contributed by atoms with Gasteiger partial charge in [-0.2, -0.15) is 0 Å². The summed E-state index contributed by atoms with van der Waals surface area (Å²) in [6.45, 7) is 0.155. The largest absolute Gasteiger partial charge is 0.377 e. The molecule has 3 rings (SSSR count). The number of imidazole rings is 1. The summed E-state index contributed by atoms with van der Waals surface area (Å²) >= 11 is 0. The highest BCUT2D eigenvalue weighted by Crippen LogP contribution is 2.40. The summed E-state index contributed by atoms with van der Waals surface area (Å²) in [5.41, 5.74) is -0.682. The van der Waals surface area contributed by atoms with Crippen molar-refractivity contribution in [2.24, 2.45) is 5.92 Å². The Labute approximate surface area is 130 Å². The van der Waals surface area contributed by atoms with E-state index >= 15 is 0 Å². The molecule has 1 N–H and O–H groups in total. The van der Waals surface area contributed by atoms with E-state index in [9.17, 15) is 9.90 Å². The highest BCUT2D eigenvalue weighted by Gasteiger charge is 2.44. The number of hydrogen-bond acceptors (Lipinski definition) is 3. The summed E-state index contributed by atoms with van der Waals surface area (Å²) in [5, 5.41) is 11.4. The number of hydrogen-bond donors (Lipinski definition) is 1. The fourth-order valence-corrected chi connectivity index (χ4v) is 3.50. The van der Waals surface area contributed by atoms with Gasteiger partial charge in [-0.05, 0) is 24.3 Å². The Bertz CT molecular complexity index is 603. The Hall–Kier alpha value is -1.94. The van der Waals surface area contributed by atoms with Gasteiger partial charge in [-0.1, -0.05) is 49.6 Å². The van der Waals surface area contributed by atoms with Crippen molar-refractivity contribution in [1.29, 1.82) is 0 Å². The summed E-state index contributed by atoms with van der Waals surface area (Å²) < 4.78 is 1.72. The van der Waals surface area contributed by atoms with Crippen molar-refractivity contribution in [2.45, 2.75) is 44.2 Å². The molecule has 0 radical (unpaired) electrons. The topological polar surface area (TPSA) is 55.1 Å². The SMILES string of the molecule is O=C(Cn1ccnc1)C(O)(c1ccccc1)C1CCCCC1. The van der Waals surface area contributed by atoms with Crippen LogP contribution in [0.2, 0.25) is 0 Å². The zero-order valence-electron chi connectivity index (χ0n) is 12.7. The Morgan fingerprint density at radius 3 is 2.59 bits per heavy atom. The molecular weight excluding hydrogens is 276 g/mol. The van der Waals surface area contributed by atoms with Crippen molar-refractivity contribution in [3.8, 4) is 0 Å². The number of ketones is 1. The first-order valence-electron chi connectivity index (χ1n) is 7.98. The molecule has 1 atom stereocenters. The van der Waals surface area contributed by atoms with Crippen molar-refractivity contribution < 1.29 is 9.90 Å². The Balaban J connectivity index is 1.93.